The van der Waals surface area contributed by atoms with Gasteiger partial charge in [-0.05, 0) is 93.7 Å². The third kappa shape index (κ3) is 21.2. The summed E-state index contributed by atoms with van der Waals surface area (Å²) in [6.07, 6.45) is 15.5. The minimum Gasteiger partial charge on any atom is -0.449 e. The molecule has 3 aliphatic rings. The molecule has 2 N–H and O–H groups in total. The Balaban J connectivity index is 0.000000691. The van der Waals surface area contributed by atoms with Crippen molar-refractivity contribution in [2.45, 2.75) is 82.3 Å². The summed E-state index contributed by atoms with van der Waals surface area (Å²) in [6.45, 7) is 0. The molecule has 0 spiro atoms. The molecule has 1 saturated carbocycles. The maximum Gasteiger partial charge on any atom is 0.133 e. The van der Waals surface area contributed by atoms with Crippen molar-refractivity contribution in [3.63, 3.8) is 0 Å². The third-order valence-electron chi connectivity index (χ3n) is 9.49. The van der Waals surface area contributed by atoms with Crippen molar-refractivity contribution in [2.75, 3.05) is 48.0 Å². The molecule has 0 saturated heterocycles. The molecule has 0 amide bonds. The number of halogens is 3. The van der Waals surface area contributed by atoms with Crippen LogP contribution in [0.3, 0.4) is 0 Å². The van der Waals surface area contributed by atoms with Crippen LogP contribution in [0.2, 0.25) is 0 Å². The smallest absolute Gasteiger partial charge is 0.133 e. The van der Waals surface area contributed by atoms with Gasteiger partial charge < -0.3 is 20.4 Å². The number of Topliss-reactive ketones (excluding diaryl/α,β-unsaturated/α-hetero) is 1. The molecule has 53 heavy (non-hydrogen) atoms. The monoisotopic (exact) mass is 1130 g/mol. The number of rotatable bonds is 5. The quantitative estimate of drug-likeness (QED) is 0.204. The number of carbonyl (C=O) groups excluding carboxylic acids is 1. The van der Waals surface area contributed by atoms with Crippen molar-refractivity contribution in [1.29, 1.82) is 0 Å². The zero-order valence-electron chi connectivity index (χ0n) is 32.3. The summed E-state index contributed by atoms with van der Waals surface area (Å²) < 4.78 is 3.21. The fourth-order valence-electron chi connectivity index (χ4n) is 6.26. The number of allylic oxidation sites excluding steroid dienone is 2. The molecule has 6 rings (SSSR count). The fourth-order valence-corrected chi connectivity index (χ4v) is 7.71. The number of nitrogens with two attached hydrogens (primary N) is 1. The largest absolute Gasteiger partial charge is 0.449 e. The minimum absolute atomic E-state index is 0. The van der Waals surface area contributed by atoms with E-state index in [1.54, 1.807) is 0 Å². The van der Waals surface area contributed by atoms with Gasteiger partial charge in [-0.2, -0.15) is 60.7 Å². The van der Waals surface area contributed by atoms with Crippen LogP contribution in [0.15, 0.2) is 80.2 Å². The Morgan fingerprint density at radius 1 is 0.547 bits per heavy atom. The summed E-state index contributed by atoms with van der Waals surface area (Å²) >= 11 is 10.1. The van der Waals surface area contributed by atoms with Crippen molar-refractivity contribution in [3.05, 3.63) is 109 Å². The molecule has 0 bridgehead atoms. The molecule has 0 aliphatic heterocycles. The SMILES string of the molecule is Brc1c[c-]cc(Br)c1.CN(C)C1CC=C(c2c[c-]cc(Br)c2)CC1.CN(C)C1CC=C(c2c[c-]cc(N)c2)CC1.CN(C)C1CCC(=O)CC1.[Y].[Y].[Y]. The van der Waals surface area contributed by atoms with Crippen molar-refractivity contribution in [2.24, 2.45) is 0 Å². The van der Waals surface area contributed by atoms with E-state index in [1.807, 2.05) is 42.5 Å². The average Bonchev–Trinajstić information content (AvgIpc) is 3.09. The maximum atomic E-state index is 10.8. The van der Waals surface area contributed by atoms with E-state index in [9.17, 15) is 4.79 Å². The molecule has 2 unspecified atom stereocenters. The third-order valence-corrected chi connectivity index (χ3v) is 10.9. The second kappa shape index (κ2) is 29.5. The van der Waals surface area contributed by atoms with E-state index in [4.69, 9.17) is 5.73 Å². The van der Waals surface area contributed by atoms with Gasteiger partial charge in [0.2, 0.25) is 0 Å². The van der Waals surface area contributed by atoms with Gasteiger partial charge in [0.25, 0.3) is 0 Å². The van der Waals surface area contributed by atoms with Crippen molar-refractivity contribution in [1.82, 2.24) is 14.7 Å². The predicted octanol–water partition coefficient (Wildman–Crippen LogP) is 10.4. The summed E-state index contributed by atoms with van der Waals surface area (Å²) in [6, 6.07) is 29.0. The van der Waals surface area contributed by atoms with Crippen LogP contribution in [0.1, 0.15) is 75.3 Å². The number of benzene rings is 3. The average molecular weight is 1140 g/mol. The maximum absolute atomic E-state index is 10.8. The zero-order valence-corrected chi connectivity index (χ0v) is 45.6. The number of nitrogen functional groups attached to an aromatic ring is 1. The van der Waals surface area contributed by atoms with E-state index in [0.29, 0.717) is 23.9 Å². The topological polar surface area (TPSA) is 52.8 Å². The number of hydrogen-bond donors (Lipinski definition) is 1. The summed E-state index contributed by atoms with van der Waals surface area (Å²) in [4.78, 5) is 17.7. The standard InChI is InChI=1S/C14H17BrN.C14H19N2.C8H15NO.C6H3Br2.3Y/c2*1-16(2)14-8-6-11(7-9-14)12-4-3-5-13(15)10-12;1-9(2)7-3-5-8(10)6-4-7;7-5-2-1-3-6(8)4-5;;;/h4-6,10,14H,7-9H2,1-2H3;4-6,10,14H,7-9,15H2,1-2H3;7H,3-6H2,1-2H3;2-4H;;;/q2*-1;;-1;;;. The van der Waals surface area contributed by atoms with Gasteiger partial charge in [-0.1, -0.05) is 31.3 Å². The Morgan fingerprint density at radius 3 is 1.26 bits per heavy atom. The van der Waals surface area contributed by atoms with Gasteiger partial charge in [0.1, 0.15) is 5.78 Å². The summed E-state index contributed by atoms with van der Waals surface area (Å²) in [5.41, 5.74) is 12.0. The van der Waals surface area contributed by atoms with E-state index >= 15 is 0 Å². The normalized spacial score (nSPS) is 18.2. The van der Waals surface area contributed by atoms with Gasteiger partial charge in [0.15, 0.2) is 0 Å². The fraction of sp³-hybridized carbons (Fsp3) is 0.452. The molecule has 3 aliphatic carbocycles. The molecule has 11 heteroatoms. The van der Waals surface area contributed by atoms with Crippen LogP contribution in [0.4, 0.5) is 5.69 Å². The Bertz CT molecular complexity index is 1460. The first-order valence-corrected chi connectivity index (χ1v) is 19.9. The number of carbonyl (C=O) groups is 1. The second-order valence-corrected chi connectivity index (χ2v) is 16.6. The van der Waals surface area contributed by atoms with Crippen LogP contribution in [-0.2, 0) is 103 Å². The van der Waals surface area contributed by atoms with Crippen molar-refractivity contribution >= 4 is 70.4 Å². The van der Waals surface area contributed by atoms with Crippen molar-refractivity contribution in [3.8, 4) is 0 Å². The Hall–Kier alpha value is 1.24. The van der Waals surface area contributed by atoms with Crippen LogP contribution in [0, 0.1) is 18.2 Å². The zero-order chi connectivity index (χ0) is 36.6. The number of nitrogens with zero attached hydrogens (tertiary/aromatic N) is 3. The van der Waals surface area contributed by atoms with Crippen LogP contribution < -0.4 is 5.73 Å². The molecule has 2 atom stereocenters. The molecule has 0 heterocycles. The van der Waals surface area contributed by atoms with Crippen LogP contribution in [0.5, 0.6) is 0 Å². The van der Waals surface area contributed by atoms with E-state index < -0.39 is 0 Å². The first-order valence-electron chi connectivity index (χ1n) is 17.5. The summed E-state index contributed by atoms with van der Waals surface area (Å²) in [5.74, 6) is 0.443. The van der Waals surface area contributed by atoms with E-state index in [0.717, 1.165) is 64.1 Å². The molecule has 0 aromatic heterocycles. The van der Waals surface area contributed by atoms with E-state index in [-0.39, 0.29) is 98.1 Å². The van der Waals surface area contributed by atoms with Gasteiger partial charge in [-0.25, -0.2) is 0 Å². The molecule has 3 aromatic carbocycles. The Labute approximate surface area is 421 Å². The first kappa shape index (κ1) is 54.2. The minimum atomic E-state index is 0. The van der Waals surface area contributed by atoms with Gasteiger partial charge in [-0.3, -0.25) is 4.79 Å². The Kier molecular flexibility index (Phi) is 30.1. The molecule has 281 valence electrons. The van der Waals surface area contributed by atoms with E-state index in [1.165, 1.54) is 41.5 Å². The summed E-state index contributed by atoms with van der Waals surface area (Å²) in [7, 11) is 12.8. The molecule has 3 aromatic rings. The van der Waals surface area contributed by atoms with Gasteiger partial charge in [0.05, 0.1) is 0 Å². The first-order chi connectivity index (χ1) is 23.8. The molecular weight excluding hydrogens is 1080 g/mol. The van der Waals surface area contributed by atoms with Crippen LogP contribution in [-0.4, -0.2) is 80.9 Å². The second-order valence-electron chi connectivity index (χ2n) is 13.8. The van der Waals surface area contributed by atoms with Crippen LogP contribution in [0.25, 0.3) is 11.1 Å². The summed E-state index contributed by atoms with van der Waals surface area (Å²) in [5, 5.41) is 0. The predicted molar refractivity (Wildman–Crippen MR) is 223 cm³/mol. The molecule has 3 radical (unpaired) electrons. The number of hydrogen-bond acceptors (Lipinski definition) is 5. The van der Waals surface area contributed by atoms with E-state index in [2.05, 4.69) is 147 Å². The molecular formula is C42H54Br3N4OY3-3. The van der Waals surface area contributed by atoms with Gasteiger partial charge in [-0.15, -0.1) is 82.2 Å². The van der Waals surface area contributed by atoms with Crippen molar-refractivity contribution < 1.29 is 103 Å². The number of ketones is 1. The molecule has 1 fully saturated rings. The van der Waals surface area contributed by atoms with Gasteiger partial charge in [0, 0.05) is 129 Å². The number of anilines is 1. The van der Waals surface area contributed by atoms with Gasteiger partial charge >= 0.3 is 0 Å². The van der Waals surface area contributed by atoms with Crippen LogP contribution >= 0.6 is 47.8 Å². The Morgan fingerprint density at radius 2 is 0.925 bits per heavy atom. The molecule has 5 nitrogen and oxygen atoms in total.